The van der Waals surface area contributed by atoms with E-state index in [1.54, 1.807) is 18.3 Å². The largest absolute Gasteiger partial charge is 0.362 e. The fourth-order valence-corrected chi connectivity index (χ4v) is 4.05. The van der Waals surface area contributed by atoms with E-state index < -0.39 is 0 Å². The molecule has 0 bridgehead atoms. The van der Waals surface area contributed by atoms with Gasteiger partial charge in [0, 0.05) is 37.8 Å². The molecule has 2 N–H and O–H groups in total. The van der Waals surface area contributed by atoms with Crippen LogP contribution in [0, 0.1) is 0 Å². The van der Waals surface area contributed by atoms with Gasteiger partial charge in [0.15, 0.2) is 0 Å². The SMILES string of the molecule is CN(C)c1nc(N[C@H]2CC[C@@H](NC(=O)c3cccnc3Cl)CC2)nc2ccccc12. The van der Waals surface area contributed by atoms with Crippen molar-refractivity contribution >= 4 is 40.2 Å². The van der Waals surface area contributed by atoms with Gasteiger partial charge < -0.3 is 15.5 Å². The Bertz CT molecular complexity index is 1050. The average Bonchev–Trinajstić information content (AvgIpc) is 2.74. The van der Waals surface area contributed by atoms with Gasteiger partial charge in [0.2, 0.25) is 5.95 Å². The Labute approximate surface area is 180 Å². The van der Waals surface area contributed by atoms with E-state index in [-0.39, 0.29) is 23.1 Å². The number of hydrogen-bond acceptors (Lipinski definition) is 6. The molecule has 0 radical (unpaired) electrons. The Kier molecular flexibility index (Phi) is 5.99. The van der Waals surface area contributed by atoms with Crippen molar-refractivity contribution in [1.82, 2.24) is 20.3 Å². The summed E-state index contributed by atoms with van der Waals surface area (Å²) in [6.07, 6.45) is 5.20. The number of carbonyl (C=O) groups is 1. The normalized spacial score (nSPS) is 18.8. The van der Waals surface area contributed by atoms with E-state index in [4.69, 9.17) is 16.6 Å². The van der Waals surface area contributed by atoms with Crippen molar-refractivity contribution in [2.24, 2.45) is 0 Å². The summed E-state index contributed by atoms with van der Waals surface area (Å²) >= 11 is 6.03. The molecule has 7 nitrogen and oxygen atoms in total. The number of benzene rings is 1. The second-order valence-corrected chi connectivity index (χ2v) is 8.15. The minimum atomic E-state index is -0.169. The molecular weight excluding hydrogens is 400 g/mol. The first-order valence-electron chi connectivity index (χ1n) is 10.1. The molecule has 1 amide bonds. The number of aromatic nitrogens is 3. The maximum Gasteiger partial charge on any atom is 0.254 e. The van der Waals surface area contributed by atoms with Crippen molar-refractivity contribution in [3.8, 4) is 0 Å². The zero-order chi connectivity index (χ0) is 21.1. The molecule has 30 heavy (non-hydrogen) atoms. The average molecular weight is 425 g/mol. The van der Waals surface area contributed by atoms with Crippen molar-refractivity contribution in [1.29, 1.82) is 0 Å². The summed E-state index contributed by atoms with van der Waals surface area (Å²) in [7, 11) is 3.97. The number of pyridine rings is 1. The number of halogens is 1. The van der Waals surface area contributed by atoms with Crippen LogP contribution in [0.2, 0.25) is 5.15 Å². The fraction of sp³-hybridized carbons (Fsp3) is 0.364. The van der Waals surface area contributed by atoms with Crippen molar-refractivity contribution in [2.75, 3.05) is 24.3 Å². The lowest BCUT2D eigenvalue weighted by Crippen LogP contribution is -2.40. The molecule has 3 aromatic rings. The number of hydrogen-bond donors (Lipinski definition) is 2. The third kappa shape index (κ3) is 4.46. The summed E-state index contributed by atoms with van der Waals surface area (Å²) in [5.74, 6) is 1.38. The summed E-state index contributed by atoms with van der Waals surface area (Å²) in [6, 6.07) is 11.8. The van der Waals surface area contributed by atoms with Crippen molar-refractivity contribution in [3.63, 3.8) is 0 Å². The van der Waals surface area contributed by atoms with Crippen LogP contribution in [0.25, 0.3) is 10.9 Å². The molecule has 0 atom stereocenters. The smallest absolute Gasteiger partial charge is 0.254 e. The van der Waals surface area contributed by atoms with E-state index in [1.165, 1.54) is 0 Å². The second-order valence-electron chi connectivity index (χ2n) is 7.79. The Morgan fingerprint density at radius 3 is 2.50 bits per heavy atom. The first-order valence-corrected chi connectivity index (χ1v) is 10.5. The summed E-state index contributed by atoms with van der Waals surface area (Å²) in [5, 5.41) is 7.84. The zero-order valence-electron chi connectivity index (χ0n) is 17.1. The first-order chi connectivity index (χ1) is 14.5. The monoisotopic (exact) mass is 424 g/mol. The standard InChI is InChI=1S/C22H25ClN6O/c1-29(2)20-16-6-3-4-8-18(16)27-22(28-20)26-15-11-9-14(10-12-15)25-21(30)17-7-5-13-24-19(17)23/h3-8,13-15H,9-12H2,1-2H3,(H,25,30)(H,26,27,28)/t14-,15+. The van der Waals surface area contributed by atoms with Crippen LogP contribution in [0.3, 0.4) is 0 Å². The molecule has 8 heteroatoms. The molecule has 156 valence electrons. The van der Waals surface area contributed by atoms with E-state index in [2.05, 4.69) is 20.6 Å². The molecule has 4 rings (SSSR count). The summed E-state index contributed by atoms with van der Waals surface area (Å²) in [5.41, 5.74) is 1.34. The Balaban J connectivity index is 1.38. The summed E-state index contributed by atoms with van der Waals surface area (Å²) < 4.78 is 0. The van der Waals surface area contributed by atoms with Crippen LogP contribution in [0.1, 0.15) is 36.0 Å². The number of anilines is 2. The van der Waals surface area contributed by atoms with Crippen LogP contribution in [-0.4, -0.2) is 47.0 Å². The third-order valence-corrected chi connectivity index (χ3v) is 5.71. The molecule has 0 spiro atoms. The minimum Gasteiger partial charge on any atom is -0.362 e. The van der Waals surface area contributed by atoms with Gasteiger partial charge in [0.05, 0.1) is 11.1 Å². The molecule has 0 aliphatic heterocycles. The molecule has 0 saturated heterocycles. The number of nitrogens with zero attached hydrogens (tertiary/aromatic N) is 4. The van der Waals surface area contributed by atoms with Crippen LogP contribution in [0.15, 0.2) is 42.6 Å². The van der Waals surface area contributed by atoms with Gasteiger partial charge in [-0.2, -0.15) is 4.98 Å². The van der Waals surface area contributed by atoms with Gasteiger partial charge >= 0.3 is 0 Å². The number of carbonyl (C=O) groups excluding carboxylic acids is 1. The van der Waals surface area contributed by atoms with Gasteiger partial charge in [-0.05, 0) is 49.9 Å². The first kappa shape index (κ1) is 20.3. The van der Waals surface area contributed by atoms with E-state index >= 15 is 0 Å². The summed E-state index contributed by atoms with van der Waals surface area (Å²) in [6.45, 7) is 0. The van der Waals surface area contributed by atoms with Gasteiger partial charge in [0.1, 0.15) is 11.0 Å². The lowest BCUT2D eigenvalue weighted by molar-refractivity contribution is 0.0926. The molecule has 1 aliphatic rings. The van der Waals surface area contributed by atoms with Crippen LogP contribution < -0.4 is 15.5 Å². The maximum atomic E-state index is 12.5. The maximum absolute atomic E-state index is 12.5. The molecule has 1 saturated carbocycles. The van der Waals surface area contributed by atoms with Gasteiger partial charge in [-0.25, -0.2) is 9.97 Å². The zero-order valence-corrected chi connectivity index (χ0v) is 17.9. The molecule has 1 fully saturated rings. The Hall–Kier alpha value is -2.93. The number of amides is 1. The van der Waals surface area contributed by atoms with Crippen LogP contribution in [0.4, 0.5) is 11.8 Å². The molecule has 2 heterocycles. The lowest BCUT2D eigenvalue weighted by Gasteiger charge is -2.30. The summed E-state index contributed by atoms with van der Waals surface area (Å²) in [4.78, 5) is 27.8. The van der Waals surface area contributed by atoms with E-state index in [9.17, 15) is 4.79 Å². The van der Waals surface area contributed by atoms with Gasteiger partial charge in [0.25, 0.3) is 5.91 Å². The van der Waals surface area contributed by atoms with Gasteiger partial charge in [-0.3, -0.25) is 4.79 Å². The number of nitrogens with one attached hydrogen (secondary N) is 2. The Morgan fingerprint density at radius 2 is 1.77 bits per heavy atom. The molecule has 1 aliphatic carbocycles. The number of para-hydroxylation sites is 1. The van der Waals surface area contributed by atoms with Crippen LogP contribution in [-0.2, 0) is 0 Å². The quantitative estimate of drug-likeness (QED) is 0.604. The van der Waals surface area contributed by atoms with Crippen molar-refractivity contribution < 1.29 is 4.79 Å². The van der Waals surface area contributed by atoms with E-state index in [1.807, 2.05) is 43.3 Å². The number of rotatable bonds is 5. The lowest BCUT2D eigenvalue weighted by atomic mass is 9.91. The fourth-order valence-electron chi connectivity index (χ4n) is 3.85. The molecular formula is C22H25ClN6O. The highest BCUT2D eigenvalue weighted by molar-refractivity contribution is 6.32. The predicted molar refractivity (Wildman–Crippen MR) is 120 cm³/mol. The van der Waals surface area contributed by atoms with Gasteiger partial charge in [-0.15, -0.1) is 0 Å². The highest BCUT2D eigenvalue weighted by Gasteiger charge is 2.24. The van der Waals surface area contributed by atoms with E-state index in [0.717, 1.165) is 42.4 Å². The number of fused-ring (bicyclic) bond motifs is 1. The molecule has 2 aromatic heterocycles. The Morgan fingerprint density at radius 1 is 1.03 bits per heavy atom. The second kappa shape index (κ2) is 8.83. The highest BCUT2D eigenvalue weighted by Crippen LogP contribution is 2.26. The highest BCUT2D eigenvalue weighted by atomic mass is 35.5. The van der Waals surface area contributed by atoms with Gasteiger partial charge in [-0.1, -0.05) is 23.7 Å². The topological polar surface area (TPSA) is 83.0 Å². The molecule has 1 aromatic carbocycles. The predicted octanol–water partition coefficient (Wildman–Crippen LogP) is 3.90. The van der Waals surface area contributed by atoms with Crippen LogP contribution in [0.5, 0.6) is 0 Å². The van der Waals surface area contributed by atoms with Crippen molar-refractivity contribution in [2.45, 2.75) is 37.8 Å². The van der Waals surface area contributed by atoms with Crippen LogP contribution >= 0.6 is 11.6 Å². The third-order valence-electron chi connectivity index (χ3n) is 5.41. The van der Waals surface area contributed by atoms with E-state index in [0.29, 0.717) is 11.5 Å². The van der Waals surface area contributed by atoms with Crippen molar-refractivity contribution in [3.05, 3.63) is 53.3 Å². The minimum absolute atomic E-state index is 0.127. The molecule has 0 unspecified atom stereocenters.